The molecule has 0 radical (unpaired) electrons. The molecule has 0 bridgehead atoms. The van der Waals surface area contributed by atoms with Crippen LogP contribution < -0.4 is 14.4 Å². The van der Waals surface area contributed by atoms with Crippen LogP contribution in [0.1, 0.15) is 15.9 Å². The molecule has 0 unspecified atom stereocenters. The van der Waals surface area contributed by atoms with Crippen molar-refractivity contribution in [1.29, 1.82) is 0 Å². The van der Waals surface area contributed by atoms with Gasteiger partial charge in [-0.05, 0) is 48.0 Å². The fourth-order valence-corrected chi connectivity index (χ4v) is 4.32. The molecule has 0 saturated heterocycles. The second-order valence-corrected chi connectivity index (χ2v) is 8.36. The third-order valence-electron chi connectivity index (χ3n) is 4.48. The third-order valence-corrected chi connectivity index (χ3v) is 5.74. The number of fused-ring (bicyclic) bond motifs is 2. The summed E-state index contributed by atoms with van der Waals surface area (Å²) in [5, 5.41) is 0. The minimum atomic E-state index is -3.81. The summed E-state index contributed by atoms with van der Waals surface area (Å²) < 4.78 is 46.6. The molecule has 1 amide bonds. The van der Waals surface area contributed by atoms with Gasteiger partial charge in [0.15, 0.2) is 5.75 Å². The van der Waals surface area contributed by atoms with Crippen molar-refractivity contribution >= 4 is 27.3 Å². The highest BCUT2D eigenvalue weighted by Crippen LogP contribution is 2.38. The molecule has 0 spiro atoms. The van der Waals surface area contributed by atoms with Crippen LogP contribution in [0.2, 0.25) is 0 Å². The zero-order valence-corrected chi connectivity index (χ0v) is 16.2. The molecule has 4 rings (SSSR count). The van der Waals surface area contributed by atoms with Crippen molar-refractivity contribution in [2.24, 2.45) is 0 Å². The van der Waals surface area contributed by atoms with Crippen molar-refractivity contribution in [2.45, 2.75) is 5.75 Å². The zero-order valence-electron chi connectivity index (χ0n) is 15.4. The number of benzene rings is 3. The van der Waals surface area contributed by atoms with Gasteiger partial charge in [-0.25, -0.2) is 12.8 Å². The molecule has 0 aliphatic carbocycles. The number of rotatable bonds is 4. The first-order chi connectivity index (χ1) is 13.8. The van der Waals surface area contributed by atoms with Gasteiger partial charge in [0.05, 0.1) is 17.0 Å². The lowest BCUT2D eigenvalue weighted by Crippen LogP contribution is -2.25. The molecule has 1 aliphatic rings. The normalized spacial score (nSPS) is 13.2. The van der Waals surface area contributed by atoms with Gasteiger partial charge in [0.2, 0.25) is 10.0 Å². The van der Waals surface area contributed by atoms with Crippen molar-refractivity contribution in [2.75, 3.05) is 16.7 Å². The van der Waals surface area contributed by atoms with Crippen LogP contribution in [0, 0.1) is 5.82 Å². The van der Waals surface area contributed by atoms with Crippen molar-refractivity contribution in [1.82, 2.24) is 0 Å². The largest absolute Gasteiger partial charge is 0.454 e. The number of carbonyl (C=O) groups is 1. The summed E-state index contributed by atoms with van der Waals surface area (Å²) in [6.45, 7) is 0. The molecule has 0 atom stereocenters. The number of anilines is 2. The predicted octanol–water partition coefficient (Wildman–Crippen LogP) is 4.15. The average Bonchev–Trinajstić information content (AvgIpc) is 2.77. The summed E-state index contributed by atoms with van der Waals surface area (Å²) in [6, 6.07) is 17.0. The van der Waals surface area contributed by atoms with E-state index in [0.29, 0.717) is 22.7 Å². The number of sulfonamides is 1. The minimum absolute atomic E-state index is 0.219. The van der Waals surface area contributed by atoms with Gasteiger partial charge < -0.3 is 9.64 Å². The minimum Gasteiger partial charge on any atom is -0.454 e. The summed E-state index contributed by atoms with van der Waals surface area (Å²) >= 11 is 0. The number of carbonyl (C=O) groups excluding carboxylic acids is 1. The Hall–Kier alpha value is -3.39. The number of para-hydroxylation sites is 2. The van der Waals surface area contributed by atoms with E-state index in [9.17, 15) is 17.6 Å². The van der Waals surface area contributed by atoms with E-state index in [0.717, 1.165) is 0 Å². The van der Waals surface area contributed by atoms with Crippen LogP contribution in [-0.2, 0) is 15.8 Å². The lowest BCUT2D eigenvalue weighted by atomic mass is 10.1. The first-order valence-electron chi connectivity index (χ1n) is 8.76. The number of ether oxygens (including phenoxy) is 1. The summed E-state index contributed by atoms with van der Waals surface area (Å²) in [5.74, 6) is -0.358. The number of hydrogen-bond acceptors (Lipinski definition) is 4. The molecule has 29 heavy (non-hydrogen) atoms. The summed E-state index contributed by atoms with van der Waals surface area (Å²) in [7, 11) is -2.18. The zero-order chi connectivity index (χ0) is 20.6. The molecule has 3 aromatic rings. The fourth-order valence-electron chi connectivity index (χ4n) is 3.14. The standard InChI is InChI=1S/C21H17FN2O4S/c1-24-18-7-2-3-8-20(18)28-19-10-9-16(12-17(19)21(24)25)23-29(26,27)13-14-5-4-6-15(22)11-14/h2-12,23H,13H2,1H3. The highest BCUT2D eigenvalue weighted by atomic mass is 32.2. The molecule has 148 valence electrons. The average molecular weight is 412 g/mol. The van der Waals surface area contributed by atoms with Crippen molar-refractivity contribution in [3.8, 4) is 11.5 Å². The fraction of sp³-hybridized carbons (Fsp3) is 0.0952. The maximum atomic E-state index is 13.3. The molecule has 1 heterocycles. The maximum absolute atomic E-state index is 13.3. The van der Waals surface area contributed by atoms with Gasteiger partial charge in [0.1, 0.15) is 11.6 Å². The van der Waals surface area contributed by atoms with Crippen molar-refractivity contribution < 1.29 is 22.3 Å². The lowest BCUT2D eigenvalue weighted by Gasteiger charge is -2.16. The Labute approximate surface area is 167 Å². The number of halogens is 1. The molecule has 0 fully saturated rings. The van der Waals surface area contributed by atoms with E-state index >= 15 is 0 Å². The first-order valence-corrected chi connectivity index (χ1v) is 10.4. The smallest absolute Gasteiger partial charge is 0.261 e. The van der Waals surface area contributed by atoms with Crippen molar-refractivity contribution in [3.05, 3.63) is 83.7 Å². The van der Waals surface area contributed by atoms with Crippen LogP contribution in [0.15, 0.2) is 66.7 Å². The van der Waals surface area contributed by atoms with Crippen LogP contribution in [0.5, 0.6) is 11.5 Å². The van der Waals surface area contributed by atoms with Gasteiger partial charge in [-0.15, -0.1) is 0 Å². The van der Waals surface area contributed by atoms with Crippen LogP contribution >= 0.6 is 0 Å². The molecule has 6 nitrogen and oxygen atoms in total. The quantitative estimate of drug-likeness (QED) is 0.699. The second-order valence-electron chi connectivity index (χ2n) is 6.64. The van der Waals surface area contributed by atoms with E-state index in [1.165, 1.54) is 41.3 Å². The van der Waals surface area contributed by atoms with Crippen LogP contribution in [-0.4, -0.2) is 21.4 Å². The summed E-state index contributed by atoms with van der Waals surface area (Å²) in [4.78, 5) is 14.3. The molecular formula is C21H17FN2O4S. The topological polar surface area (TPSA) is 75.7 Å². The summed E-state index contributed by atoms with van der Waals surface area (Å²) in [5.41, 5.74) is 1.38. The van der Waals surface area contributed by atoms with Gasteiger partial charge in [-0.3, -0.25) is 9.52 Å². The highest BCUT2D eigenvalue weighted by Gasteiger charge is 2.26. The van der Waals surface area contributed by atoms with Crippen LogP contribution in [0.25, 0.3) is 0 Å². The Kier molecular flexibility index (Phi) is 4.71. The Morgan fingerprint density at radius 3 is 2.59 bits per heavy atom. The van der Waals surface area contributed by atoms with E-state index in [1.54, 1.807) is 37.4 Å². The van der Waals surface area contributed by atoms with Crippen molar-refractivity contribution in [3.63, 3.8) is 0 Å². The Morgan fingerprint density at radius 1 is 1.00 bits per heavy atom. The molecular weight excluding hydrogens is 395 g/mol. The van der Waals surface area contributed by atoms with Crippen LogP contribution in [0.4, 0.5) is 15.8 Å². The van der Waals surface area contributed by atoms with Gasteiger partial charge in [-0.1, -0.05) is 24.3 Å². The number of nitrogens with zero attached hydrogens (tertiary/aromatic N) is 1. The monoisotopic (exact) mass is 412 g/mol. The summed E-state index contributed by atoms with van der Waals surface area (Å²) in [6.07, 6.45) is 0. The second kappa shape index (κ2) is 7.21. The van der Waals surface area contributed by atoms with E-state index < -0.39 is 21.6 Å². The predicted molar refractivity (Wildman–Crippen MR) is 108 cm³/mol. The number of nitrogens with one attached hydrogen (secondary N) is 1. The number of hydrogen-bond donors (Lipinski definition) is 1. The molecule has 3 aromatic carbocycles. The molecule has 8 heteroatoms. The van der Waals surface area contributed by atoms with E-state index in [-0.39, 0.29) is 17.2 Å². The molecule has 1 aliphatic heterocycles. The van der Waals surface area contributed by atoms with E-state index in [4.69, 9.17) is 4.74 Å². The van der Waals surface area contributed by atoms with E-state index in [1.807, 2.05) is 0 Å². The van der Waals surface area contributed by atoms with Gasteiger partial charge in [-0.2, -0.15) is 0 Å². The SMILES string of the molecule is CN1C(=O)c2cc(NS(=O)(=O)Cc3cccc(F)c3)ccc2Oc2ccccc21. The lowest BCUT2D eigenvalue weighted by molar-refractivity contribution is 0.0993. The maximum Gasteiger partial charge on any atom is 0.261 e. The third kappa shape index (κ3) is 3.93. The number of amides is 1. The Morgan fingerprint density at radius 2 is 1.79 bits per heavy atom. The first kappa shape index (κ1) is 18.9. The molecule has 0 saturated carbocycles. The van der Waals surface area contributed by atoms with Gasteiger partial charge >= 0.3 is 0 Å². The van der Waals surface area contributed by atoms with Crippen LogP contribution in [0.3, 0.4) is 0 Å². The van der Waals surface area contributed by atoms with E-state index in [2.05, 4.69) is 4.72 Å². The Bertz CT molecular complexity index is 1210. The molecule has 0 aromatic heterocycles. The Balaban J connectivity index is 1.62. The van der Waals surface area contributed by atoms with Gasteiger partial charge in [0, 0.05) is 12.7 Å². The molecule has 1 N–H and O–H groups in total. The van der Waals surface area contributed by atoms with Gasteiger partial charge in [0.25, 0.3) is 5.91 Å². The highest BCUT2D eigenvalue weighted by molar-refractivity contribution is 7.91.